The molecule has 1 aliphatic rings. The van der Waals surface area contributed by atoms with Gasteiger partial charge >= 0.3 is 5.97 Å². The number of benzene rings is 2. The molecule has 0 N–H and O–H groups in total. The molecule has 2 aromatic rings. The number of methoxy groups -OCH3 is 1. The van der Waals surface area contributed by atoms with Crippen LogP contribution in [0.4, 0.5) is 0 Å². The average Bonchev–Trinajstić information content (AvgIpc) is 2.54. The smallest absolute Gasteiger partial charge is 0.317 e. The molecule has 2 heteroatoms. The highest BCUT2D eigenvalue weighted by atomic mass is 16.5. The monoisotopic (exact) mass is 278 g/mol. The molecule has 21 heavy (non-hydrogen) atoms. The van der Waals surface area contributed by atoms with Crippen molar-refractivity contribution in [1.29, 1.82) is 0 Å². The van der Waals surface area contributed by atoms with Crippen molar-refractivity contribution in [2.24, 2.45) is 0 Å². The summed E-state index contributed by atoms with van der Waals surface area (Å²) in [6.07, 6.45) is 2.03. The number of fused-ring (bicyclic) bond motifs is 1. The van der Waals surface area contributed by atoms with Crippen LogP contribution in [-0.2, 0) is 9.53 Å². The van der Waals surface area contributed by atoms with E-state index in [9.17, 15) is 4.79 Å². The molecule has 0 unspecified atom stereocenters. The first-order valence-electron chi connectivity index (χ1n) is 7.12. The van der Waals surface area contributed by atoms with Crippen LogP contribution < -0.4 is 0 Å². The fraction of sp³-hybridized carbons (Fsp3) is 0.211. The van der Waals surface area contributed by atoms with E-state index in [1.165, 1.54) is 23.8 Å². The molecule has 106 valence electrons. The Balaban J connectivity index is 2.15. The third kappa shape index (κ3) is 2.38. The van der Waals surface area contributed by atoms with Crippen LogP contribution in [0.15, 0.2) is 66.2 Å². The molecule has 2 aromatic carbocycles. The van der Waals surface area contributed by atoms with Crippen molar-refractivity contribution < 1.29 is 9.53 Å². The maximum Gasteiger partial charge on any atom is 0.317 e. The second kappa shape index (κ2) is 5.57. The molecule has 0 aromatic heterocycles. The quantitative estimate of drug-likeness (QED) is 0.612. The Morgan fingerprint density at radius 2 is 1.57 bits per heavy atom. The van der Waals surface area contributed by atoms with Gasteiger partial charge in [0.25, 0.3) is 0 Å². The lowest BCUT2D eigenvalue weighted by molar-refractivity contribution is -0.141. The second-order valence-electron chi connectivity index (χ2n) is 5.38. The van der Waals surface area contributed by atoms with Crippen molar-refractivity contribution in [2.45, 2.75) is 18.8 Å². The van der Waals surface area contributed by atoms with E-state index in [4.69, 9.17) is 4.74 Å². The Morgan fingerprint density at radius 1 is 0.952 bits per heavy atom. The summed E-state index contributed by atoms with van der Waals surface area (Å²) in [5.41, 5.74) is 4.68. The molecule has 2 atom stereocenters. The van der Waals surface area contributed by atoms with Gasteiger partial charge < -0.3 is 4.74 Å². The average molecular weight is 278 g/mol. The van der Waals surface area contributed by atoms with Crippen molar-refractivity contribution in [2.75, 3.05) is 7.11 Å². The van der Waals surface area contributed by atoms with Crippen molar-refractivity contribution in [3.8, 4) is 0 Å². The number of ether oxygens (including phenoxy) is 1. The Morgan fingerprint density at radius 3 is 2.24 bits per heavy atom. The first kappa shape index (κ1) is 13.6. The fourth-order valence-corrected chi connectivity index (χ4v) is 3.16. The molecule has 0 aliphatic heterocycles. The number of allylic oxidation sites excluding steroid dienone is 1. The zero-order chi connectivity index (χ0) is 14.8. The Labute approximate surface area is 125 Å². The number of hydrogen-bond donors (Lipinski definition) is 0. The lowest BCUT2D eigenvalue weighted by atomic mass is 9.74. The molecule has 0 heterocycles. The minimum absolute atomic E-state index is 0.201. The van der Waals surface area contributed by atoms with Crippen LogP contribution in [0.2, 0.25) is 0 Å². The van der Waals surface area contributed by atoms with Crippen LogP contribution >= 0.6 is 0 Å². The highest BCUT2D eigenvalue weighted by Crippen LogP contribution is 2.42. The molecule has 0 spiro atoms. The topological polar surface area (TPSA) is 26.3 Å². The minimum atomic E-state index is -0.300. The van der Waals surface area contributed by atoms with Crippen LogP contribution in [0, 0.1) is 0 Å². The van der Waals surface area contributed by atoms with Gasteiger partial charge in [-0.05, 0) is 23.6 Å². The number of hydrogen-bond acceptors (Lipinski definition) is 2. The maximum absolute atomic E-state index is 12.1. The normalized spacial score (nSPS) is 20.4. The van der Waals surface area contributed by atoms with Gasteiger partial charge in [-0.1, -0.05) is 66.2 Å². The Hall–Kier alpha value is -2.35. The molecule has 0 amide bonds. The predicted octanol–water partition coefficient (Wildman–Crippen LogP) is 4.04. The molecule has 0 fully saturated rings. The van der Waals surface area contributed by atoms with Gasteiger partial charge in [0.15, 0.2) is 0 Å². The van der Waals surface area contributed by atoms with E-state index in [0.717, 1.165) is 5.56 Å². The number of carbonyl (C=O) groups is 1. The molecule has 1 aliphatic carbocycles. The third-order valence-corrected chi connectivity index (χ3v) is 4.12. The predicted molar refractivity (Wildman–Crippen MR) is 83.2 cm³/mol. The second-order valence-corrected chi connectivity index (χ2v) is 5.38. The fourth-order valence-electron chi connectivity index (χ4n) is 3.16. The van der Waals surface area contributed by atoms with Crippen molar-refractivity contribution in [1.82, 2.24) is 0 Å². The zero-order valence-corrected chi connectivity index (χ0v) is 12.2. The molecule has 0 saturated carbocycles. The summed E-state index contributed by atoms with van der Waals surface area (Å²) in [7, 11) is 1.44. The van der Waals surface area contributed by atoms with Crippen LogP contribution in [-0.4, -0.2) is 13.1 Å². The lowest BCUT2D eigenvalue weighted by Gasteiger charge is -2.29. The Kier molecular flexibility index (Phi) is 3.61. The van der Waals surface area contributed by atoms with Gasteiger partial charge in [0, 0.05) is 5.92 Å². The summed E-state index contributed by atoms with van der Waals surface area (Å²) in [6, 6.07) is 18.5. The highest BCUT2D eigenvalue weighted by Gasteiger charge is 2.31. The van der Waals surface area contributed by atoms with Crippen LogP contribution in [0.5, 0.6) is 0 Å². The van der Waals surface area contributed by atoms with E-state index < -0.39 is 0 Å². The summed E-state index contributed by atoms with van der Waals surface area (Å²) in [5, 5.41) is 0. The summed E-state index contributed by atoms with van der Waals surface area (Å²) >= 11 is 0. The molecular weight excluding hydrogens is 260 g/mol. The SMILES string of the molecule is COC(=O)[C@H]1C=C(C)[C@@H](c2ccccc2)c2ccccc21. The van der Waals surface area contributed by atoms with E-state index in [1.54, 1.807) is 0 Å². The third-order valence-electron chi connectivity index (χ3n) is 4.12. The first-order valence-corrected chi connectivity index (χ1v) is 7.12. The van der Waals surface area contributed by atoms with E-state index in [-0.39, 0.29) is 17.8 Å². The van der Waals surface area contributed by atoms with Crippen LogP contribution in [0.3, 0.4) is 0 Å². The first-order chi connectivity index (χ1) is 10.2. The molecule has 0 saturated heterocycles. The molecule has 2 nitrogen and oxygen atoms in total. The van der Waals surface area contributed by atoms with Crippen molar-refractivity contribution in [3.05, 3.63) is 82.9 Å². The van der Waals surface area contributed by atoms with Gasteiger partial charge in [-0.25, -0.2) is 0 Å². The van der Waals surface area contributed by atoms with E-state index in [1.807, 2.05) is 30.3 Å². The number of carbonyl (C=O) groups excluding carboxylic acids is 1. The zero-order valence-electron chi connectivity index (χ0n) is 12.2. The summed E-state index contributed by atoms with van der Waals surface area (Å²) < 4.78 is 4.95. The van der Waals surface area contributed by atoms with Gasteiger partial charge in [0.05, 0.1) is 7.11 Å². The standard InChI is InChI=1S/C19H18O2/c1-13-12-17(19(20)21-2)15-10-6-7-11-16(15)18(13)14-8-4-3-5-9-14/h3-12,17-18H,1-2H3/t17-,18-/m0/s1. The lowest BCUT2D eigenvalue weighted by Crippen LogP contribution is -2.21. The summed E-state index contributed by atoms with van der Waals surface area (Å²) in [6.45, 7) is 2.09. The van der Waals surface area contributed by atoms with Gasteiger partial charge in [-0.15, -0.1) is 0 Å². The number of rotatable bonds is 2. The van der Waals surface area contributed by atoms with Crippen LogP contribution in [0.1, 0.15) is 35.4 Å². The van der Waals surface area contributed by atoms with Gasteiger partial charge in [-0.2, -0.15) is 0 Å². The largest absolute Gasteiger partial charge is 0.468 e. The highest BCUT2D eigenvalue weighted by molar-refractivity contribution is 5.82. The summed E-state index contributed by atoms with van der Waals surface area (Å²) in [5.74, 6) is -0.289. The molecule has 0 bridgehead atoms. The molecular formula is C19H18O2. The Bertz CT molecular complexity index is 686. The minimum Gasteiger partial charge on any atom is -0.468 e. The van der Waals surface area contributed by atoms with Gasteiger partial charge in [0.2, 0.25) is 0 Å². The van der Waals surface area contributed by atoms with Crippen molar-refractivity contribution in [3.63, 3.8) is 0 Å². The van der Waals surface area contributed by atoms with Crippen molar-refractivity contribution >= 4 is 5.97 Å². The molecule has 3 rings (SSSR count). The van der Waals surface area contributed by atoms with E-state index >= 15 is 0 Å². The van der Waals surface area contributed by atoms with Gasteiger partial charge in [0.1, 0.15) is 5.92 Å². The maximum atomic E-state index is 12.1. The van der Waals surface area contributed by atoms with Crippen LogP contribution in [0.25, 0.3) is 0 Å². The van der Waals surface area contributed by atoms with E-state index in [0.29, 0.717) is 0 Å². The van der Waals surface area contributed by atoms with E-state index in [2.05, 4.69) is 37.3 Å². The molecule has 0 radical (unpaired) electrons. The van der Waals surface area contributed by atoms with Gasteiger partial charge in [-0.3, -0.25) is 4.79 Å². The number of esters is 1. The summed E-state index contributed by atoms with van der Waals surface area (Å²) in [4.78, 5) is 12.1.